The van der Waals surface area contributed by atoms with Crippen LogP contribution in [0.5, 0.6) is 0 Å². The van der Waals surface area contributed by atoms with E-state index < -0.39 is 18.0 Å². The van der Waals surface area contributed by atoms with E-state index in [0.29, 0.717) is 10.7 Å². The molecule has 0 aliphatic heterocycles. The van der Waals surface area contributed by atoms with Gasteiger partial charge < -0.3 is 15.2 Å². The number of carboxylic acids is 1. The van der Waals surface area contributed by atoms with Crippen LogP contribution in [0.2, 0.25) is 5.02 Å². The molecule has 1 amide bonds. The van der Waals surface area contributed by atoms with Crippen molar-refractivity contribution in [3.63, 3.8) is 0 Å². The topological polar surface area (TPSA) is 88.5 Å². The van der Waals surface area contributed by atoms with E-state index in [4.69, 9.17) is 21.4 Å². The Balaban J connectivity index is 2.61. The van der Waals surface area contributed by atoms with Crippen LogP contribution in [0.3, 0.4) is 0 Å². The number of aliphatic carboxylic acids is 1. The van der Waals surface area contributed by atoms with Gasteiger partial charge in [0.05, 0.1) is 23.1 Å². The maximum atomic E-state index is 11.8. The van der Waals surface area contributed by atoms with Crippen molar-refractivity contribution in [3.05, 3.63) is 28.5 Å². The lowest BCUT2D eigenvalue weighted by atomic mass is 10.2. The van der Waals surface area contributed by atoms with E-state index in [1.807, 2.05) is 0 Å². The Morgan fingerprint density at radius 3 is 2.79 bits per heavy atom. The monoisotopic (exact) mass is 286 g/mol. The normalized spacial score (nSPS) is 11.9. The highest BCUT2D eigenvalue weighted by Crippen LogP contribution is 2.15. The molecule has 7 heteroatoms. The Labute approximate surface area is 115 Å². The molecule has 1 rings (SSSR count). The SMILES string of the molecule is COC(CNC(=O)c1cnc(C)cc1Cl)CC(=O)O. The average molecular weight is 287 g/mol. The van der Waals surface area contributed by atoms with Crippen molar-refractivity contribution >= 4 is 23.5 Å². The van der Waals surface area contributed by atoms with E-state index in [9.17, 15) is 9.59 Å². The summed E-state index contributed by atoms with van der Waals surface area (Å²) in [6.45, 7) is 1.85. The molecule has 1 atom stereocenters. The average Bonchev–Trinajstić information content (AvgIpc) is 2.33. The van der Waals surface area contributed by atoms with Gasteiger partial charge in [-0.3, -0.25) is 14.6 Å². The molecule has 0 radical (unpaired) electrons. The standard InChI is InChI=1S/C12H15ClN2O4/c1-7-3-10(13)9(6-14-7)12(18)15-5-8(19-2)4-11(16)17/h3,6,8H,4-5H2,1-2H3,(H,15,18)(H,16,17). The predicted molar refractivity (Wildman–Crippen MR) is 69.4 cm³/mol. The van der Waals surface area contributed by atoms with E-state index >= 15 is 0 Å². The van der Waals surface area contributed by atoms with Gasteiger partial charge in [0, 0.05) is 25.5 Å². The number of nitrogens with one attached hydrogen (secondary N) is 1. The summed E-state index contributed by atoms with van der Waals surface area (Å²) in [7, 11) is 1.39. The van der Waals surface area contributed by atoms with Crippen molar-refractivity contribution < 1.29 is 19.4 Å². The van der Waals surface area contributed by atoms with Crippen molar-refractivity contribution in [1.29, 1.82) is 0 Å². The first-order chi connectivity index (χ1) is 8.93. The molecule has 6 nitrogen and oxygen atoms in total. The minimum Gasteiger partial charge on any atom is -0.481 e. The quantitative estimate of drug-likeness (QED) is 0.822. The van der Waals surface area contributed by atoms with Crippen LogP contribution in [0.1, 0.15) is 22.5 Å². The summed E-state index contributed by atoms with van der Waals surface area (Å²) in [4.78, 5) is 26.4. The number of rotatable bonds is 6. The van der Waals surface area contributed by atoms with Crippen molar-refractivity contribution in [2.75, 3.05) is 13.7 Å². The summed E-state index contributed by atoms with van der Waals surface area (Å²) in [6.07, 6.45) is 0.612. The van der Waals surface area contributed by atoms with Crippen LogP contribution in [-0.2, 0) is 9.53 Å². The van der Waals surface area contributed by atoms with E-state index in [-0.39, 0.29) is 18.5 Å². The van der Waals surface area contributed by atoms with Gasteiger partial charge in [-0.1, -0.05) is 11.6 Å². The molecular formula is C12H15ClN2O4. The van der Waals surface area contributed by atoms with E-state index in [0.717, 1.165) is 0 Å². The van der Waals surface area contributed by atoms with Gasteiger partial charge in [-0.25, -0.2) is 0 Å². The van der Waals surface area contributed by atoms with Gasteiger partial charge in [0.2, 0.25) is 0 Å². The third kappa shape index (κ3) is 4.84. The Morgan fingerprint density at radius 2 is 2.26 bits per heavy atom. The van der Waals surface area contributed by atoms with Crippen LogP contribution < -0.4 is 5.32 Å². The molecule has 0 saturated carbocycles. The largest absolute Gasteiger partial charge is 0.481 e. The number of aromatic nitrogens is 1. The Morgan fingerprint density at radius 1 is 1.58 bits per heavy atom. The smallest absolute Gasteiger partial charge is 0.306 e. The van der Waals surface area contributed by atoms with Crippen molar-refractivity contribution in [3.8, 4) is 0 Å². The van der Waals surface area contributed by atoms with Crippen LogP contribution in [0.25, 0.3) is 0 Å². The number of amides is 1. The highest BCUT2D eigenvalue weighted by Gasteiger charge is 2.16. The molecule has 0 saturated heterocycles. The van der Waals surface area contributed by atoms with Gasteiger partial charge >= 0.3 is 5.97 Å². The lowest BCUT2D eigenvalue weighted by Gasteiger charge is -2.14. The Hall–Kier alpha value is -1.66. The summed E-state index contributed by atoms with van der Waals surface area (Å²) in [5.41, 5.74) is 0.958. The third-order valence-electron chi connectivity index (χ3n) is 2.46. The number of pyridine rings is 1. The Bertz CT molecular complexity index is 479. The van der Waals surface area contributed by atoms with E-state index in [1.165, 1.54) is 13.3 Å². The zero-order valence-electron chi connectivity index (χ0n) is 10.6. The van der Waals surface area contributed by atoms with Crippen LogP contribution in [0.15, 0.2) is 12.3 Å². The van der Waals surface area contributed by atoms with Crippen LogP contribution in [-0.4, -0.2) is 41.7 Å². The number of carbonyl (C=O) groups is 2. The maximum Gasteiger partial charge on any atom is 0.306 e. The first-order valence-electron chi connectivity index (χ1n) is 5.59. The molecule has 2 N–H and O–H groups in total. The Kier molecular flexibility index (Phi) is 5.72. The molecular weight excluding hydrogens is 272 g/mol. The highest BCUT2D eigenvalue weighted by atomic mass is 35.5. The minimum atomic E-state index is -0.990. The first-order valence-corrected chi connectivity index (χ1v) is 5.96. The summed E-state index contributed by atoms with van der Waals surface area (Å²) in [5.74, 6) is -1.40. The molecule has 104 valence electrons. The molecule has 1 aromatic rings. The number of aryl methyl sites for hydroxylation is 1. The summed E-state index contributed by atoms with van der Waals surface area (Å²) >= 11 is 5.93. The van der Waals surface area contributed by atoms with Gasteiger partial charge in [-0.15, -0.1) is 0 Å². The fraction of sp³-hybridized carbons (Fsp3) is 0.417. The number of carboxylic acid groups (broad SMARTS) is 1. The van der Waals surface area contributed by atoms with E-state index in [2.05, 4.69) is 10.3 Å². The van der Waals surface area contributed by atoms with Gasteiger partial charge in [-0.2, -0.15) is 0 Å². The number of carbonyl (C=O) groups excluding carboxylic acids is 1. The number of nitrogens with zero attached hydrogens (tertiary/aromatic N) is 1. The number of ether oxygens (including phenoxy) is 1. The number of hydrogen-bond donors (Lipinski definition) is 2. The fourth-order valence-electron chi connectivity index (χ4n) is 1.43. The van der Waals surface area contributed by atoms with Crippen molar-refractivity contribution in [2.24, 2.45) is 0 Å². The maximum absolute atomic E-state index is 11.8. The third-order valence-corrected chi connectivity index (χ3v) is 2.77. The van der Waals surface area contributed by atoms with Crippen molar-refractivity contribution in [1.82, 2.24) is 10.3 Å². The molecule has 0 aliphatic carbocycles. The molecule has 1 aromatic heterocycles. The number of methoxy groups -OCH3 is 1. The predicted octanol–water partition coefficient (Wildman–Crippen LogP) is 1.26. The van der Waals surface area contributed by atoms with E-state index in [1.54, 1.807) is 13.0 Å². The molecule has 1 unspecified atom stereocenters. The van der Waals surface area contributed by atoms with Gasteiger partial charge in [-0.05, 0) is 13.0 Å². The second-order valence-corrected chi connectivity index (χ2v) is 4.38. The zero-order chi connectivity index (χ0) is 14.4. The lowest BCUT2D eigenvalue weighted by molar-refractivity contribution is -0.139. The zero-order valence-corrected chi connectivity index (χ0v) is 11.4. The van der Waals surface area contributed by atoms with Crippen LogP contribution in [0.4, 0.5) is 0 Å². The van der Waals surface area contributed by atoms with Crippen LogP contribution >= 0.6 is 11.6 Å². The summed E-state index contributed by atoms with van der Waals surface area (Å²) in [5, 5.41) is 11.5. The first kappa shape index (κ1) is 15.4. The minimum absolute atomic E-state index is 0.0891. The molecule has 19 heavy (non-hydrogen) atoms. The lowest BCUT2D eigenvalue weighted by Crippen LogP contribution is -2.34. The van der Waals surface area contributed by atoms with Gasteiger partial charge in [0.25, 0.3) is 5.91 Å². The molecule has 0 aromatic carbocycles. The molecule has 0 aliphatic rings. The molecule has 0 spiro atoms. The molecule has 1 heterocycles. The highest BCUT2D eigenvalue weighted by molar-refractivity contribution is 6.33. The van der Waals surface area contributed by atoms with Gasteiger partial charge in [0.15, 0.2) is 0 Å². The fourth-order valence-corrected chi connectivity index (χ4v) is 1.72. The van der Waals surface area contributed by atoms with Gasteiger partial charge in [0.1, 0.15) is 0 Å². The summed E-state index contributed by atoms with van der Waals surface area (Å²) < 4.78 is 4.95. The summed E-state index contributed by atoms with van der Waals surface area (Å²) in [6, 6.07) is 1.58. The van der Waals surface area contributed by atoms with Crippen LogP contribution in [0, 0.1) is 6.92 Å². The second kappa shape index (κ2) is 7.06. The van der Waals surface area contributed by atoms with Crippen molar-refractivity contribution in [2.45, 2.75) is 19.4 Å². The number of hydrogen-bond acceptors (Lipinski definition) is 4. The molecule has 0 bridgehead atoms. The second-order valence-electron chi connectivity index (χ2n) is 3.97. The molecule has 0 fully saturated rings. The number of halogens is 1.